The third-order valence-corrected chi connectivity index (χ3v) is 3.27. The van der Waals surface area contributed by atoms with Crippen LogP contribution in [0.25, 0.3) is 0 Å². The zero-order valence-electron chi connectivity index (χ0n) is 9.43. The van der Waals surface area contributed by atoms with E-state index in [1.54, 1.807) is 13.2 Å². The summed E-state index contributed by atoms with van der Waals surface area (Å²) in [5.74, 6) is 1.95. The Bertz CT molecular complexity index is 307. The molecule has 0 aliphatic carbocycles. The maximum absolute atomic E-state index is 9.02. The Morgan fingerprint density at radius 2 is 2.19 bits per heavy atom. The molecule has 2 N–H and O–H groups in total. The van der Waals surface area contributed by atoms with Crippen LogP contribution in [-0.4, -0.2) is 36.6 Å². The Morgan fingerprint density at radius 3 is 2.88 bits per heavy atom. The monoisotopic (exact) mass is 240 g/mol. The Morgan fingerprint density at radius 1 is 1.38 bits per heavy atom. The van der Waals surface area contributed by atoms with Gasteiger partial charge in [0.15, 0.2) is 0 Å². The first kappa shape index (κ1) is 13.6. The fourth-order valence-corrected chi connectivity index (χ4v) is 2.22. The Hall–Kier alpha value is -0.485. The fourth-order valence-electron chi connectivity index (χ4n) is 1.34. The molecule has 0 radical (unpaired) electrons. The Balaban J connectivity index is 2.33. The molecule has 0 unspecified atom stereocenters. The Labute approximate surface area is 101 Å². The normalized spacial score (nSPS) is 10.4. The van der Waals surface area contributed by atoms with Crippen LogP contribution in [0, 0.1) is 0 Å². The molecule has 0 bridgehead atoms. The molecule has 16 heavy (non-hydrogen) atoms. The molecule has 1 rings (SSSR count). The molecule has 0 atom stereocenters. The van der Waals surface area contributed by atoms with Gasteiger partial charge in [0.2, 0.25) is 0 Å². The number of hydrogen-bond acceptors (Lipinski definition) is 4. The summed E-state index contributed by atoms with van der Waals surface area (Å²) in [4.78, 5) is 0. The van der Waals surface area contributed by atoms with Crippen molar-refractivity contribution in [3.05, 3.63) is 29.8 Å². The van der Waals surface area contributed by atoms with E-state index in [1.165, 1.54) is 0 Å². The van der Waals surface area contributed by atoms with Crippen molar-refractivity contribution < 1.29 is 14.8 Å². The highest BCUT2D eigenvalue weighted by molar-refractivity contribution is 7.98. The number of benzene rings is 1. The molecule has 3 nitrogen and oxygen atoms in total. The van der Waals surface area contributed by atoms with E-state index >= 15 is 0 Å². The van der Waals surface area contributed by atoms with Gasteiger partial charge in [-0.3, -0.25) is 0 Å². The number of thioether (sulfide) groups is 1. The second-order valence-electron chi connectivity index (χ2n) is 3.52. The van der Waals surface area contributed by atoms with E-state index in [0.29, 0.717) is 5.46 Å². The molecule has 1 aromatic carbocycles. The Kier molecular flexibility index (Phi) is 6.56. The summed E-state index contributed by atoms with van der Waals surface area (Å²) in [7, 11) is 0.329. The number of hydrogen-bond donors (Lipinski definition) is 2. The van der Waals surface area contributed by atoms with Gasteiger partial charge in [-0.05, 0) is 23.2 Å². The van der Waals surface area contributed by atoms with E-state index in [1.807, 2.05) is 30.0 Å². The van der Waals surface area contributed by atoms with Crippen LogP contribution < -0.4 is 5.46 Å². The van der Waals surface area contributed by atoms with Crippen LogP contribution >= 0.6 is 11.8 Å². The third-order valence-electron chi connectivity index (χ3n) is 2.16. The van der Waals surface area contributed by atoms with Gasteiger partial charge in [-0.2, -0.15) is 11.8 Å². The molecular formula is C11H17BO3S. The van der Waals surface area contributed by atoms with Crippen LogP contribution in [0.3, 0.4) is 0 Å². The second kappa shape index (κ2) is 7.73. The first-order valence-electron chi connectivity index (χ1n) is 5.25. The molecule has 0 spiro atoms. The van der Waals surface area contributed by atoms with E-state index in [-0.39, 0.29) is 0 Å². The molecule has 5 heteroatoms. The predicted molar refractivity (Wildman–Crippen MR) is 68.9 cm³/mol. The average Bonchev–Trinajstić information content (AvgIpc) is 2.29. The number of methoxy groups -OCH3 is 1. The standard InChI is InChI=1S/C11H17BO3S/c1-15-6-3-7-16-9-10-4-2-5-11(8-10)12(13)14/h2,4-5,8,13-14H,3,6-7,9H2,1H3. The van der Waals surface area contributed by atoms with Crippen molar-refractivity contribution in [2.75, 3.05) is 19.5 Å². The van der Waals surface area contributed by atoms with Gasteiger partial charge in [0.25, 0.3) is 0 Å². The first-order chi connectivity index (χ1) is 7.74. The molecule has 0 aliphatic heterocycles. The second-order valence-corrected chi connectivity index (χ2v) is 4.62. The molecule has 0 fully saturated rings. The molecular weight excluding hydrogens is 223 g/mol. The van der Waals surface area contributed by atoms with E-state index < -0.39 is 7.12 Å². The highest BCUT2D eigenvalue weighted by Gasteiger charge is 2.10. The van der Waals surface area contributed by atoms with Crippen molar-refractivity contribution in [1.29, 1.82) is 0 Å². The molecule has 0 aliphatic rings. The smallest absolute Gasteiger partial charge is 0.423 e. The van der Waals surface area contributed by atoms with Crippen molar-refractivity contribution in [2.45, 2.75) is 12.2 Å². The summed E-state index contributed by atoms with van der Waals surface area (Å²) in [6.07, 6.45) is 1.05. The highest BCUT2D eigenvalue weighted by atomic mass is 32.2. The van der Waals surface area contributed by atoms with Gasteiger partial charge >= 0.3 is 7.12 Å². The topological polar surface area (TPSA) is 49.7 Å². The number of ether oxygens (including phenoxy) is 1. The van der Waals surface area contributed by atoms with E-state index in [9.17, 15) is 0 Å². The van der Waals surface area contributed by atoms with Gasteiger partial charge in [0.05, 0.1) is 0 Å². The van der Waals surface area contributed by atoms with E-state index in [0.717, 1.165) is 30.1 Å². The van der Waals surface area contributed by atoms with Gasteiger partial charge in [0, 0.05) is 19.5 Å². The lowest BCUT2D eigenvalue weighted by atomic mass is 9.80. The maximum Gasteiger partial charge on any atom is 0.488 e. The zero-order valence-corrected chi connectivity index (χ0v) is 10.2. The summed E-state index contributed by atoms with van der Waals surface area (Å²) in [6, 6.07) is 7.38. The van der Waals surface area contributed by atoms with Crippen molar-refractivity contribution >= 4 is 24.3 Å². The van der Waals surface area contributed by atoms with Gasteiger partial charge in [-0.15, -0.1) is 0 Å². The number of rotatable bonds is 7. The highest BCUT2D eigenvalue weighted by Crippen LogP contribution is 2.12. The molecule has 1 aromatic rings. The van der Waals surface area contributed by atoms with Crippen LogP contribution in [0.5, 0.6) is 0 Å². The minimum atomic E-state index is -1.38. The SMILES string of the molecule is COCCCSCc1cccc(B(O)O)c1. The largest absolute Gasteiger partial charge is 0.488 e. The van der Waals surface area contributed by atoms with Crippen molar-refractivity contribution in [2.24, 2.45) is 0 Å². The molecule has 0 saturated carbocycles. The van der Waals surface area contributed by atoms with Crippen LogP contribution in [-0.2, 0) is 10.5 Å². The summed E-state index contributed by atoms with van der Waals surface area (Å²) in [6.45, 7) is 0.794. The van der Waals surface area contributed by atoms with Crippen LogP contribution in [0.15, 0.2) is 24.3 Å². The fraction of sp³-hybridized carbons (Fsp3) is 0.455. The van der Waals surface area contributed by atoms with Gasteiger partial charge in [-0.1, -0.05) is 24.3 Å². The molecule has 0 aromatic heterocycles. The van der Waals surface area contributed by atoms with Crippen LogP contribution in [0.4, 0.5) is 0 Å². The van der Waals surface area contributed by atoms with Crippen molar-refractivity contribution in [3.63, 3.8) is 0 Å². The van der Waals surface area contributed by atoms with E-state index in [2.05, 4.69) is 0 Å². The van der Waals surface area contributed by atoms with Crippen molar-refractivity contribution in [1.82, 2.24) is 0 Å². The third kappa shape index (κ3) is 5.03. The quantitative estimate of drug-likeness (QED) is 0.542. The molecule has 0 heterocycles. The summed E-state index contributed by atoms with van der Waals surface area (Å²) < 4.78 is 4.97. The summed E-state index contributed by atoms with van der Waals surface area (Å²) >= 11 is 1.82. The minimum Gasteiger partial charge on any atom is -0.423 e. The lowest BCUT2D eigenvalue weighted by Gasteiger charge is -2.04. The predicted octanol–water partition coefficient (Wildman–Crippen LogP) is 0.636. The van der Waals surface area contributed by atoms with Crippen LogP contribution in [0.1, 0.15) is 12.0 Å². The molecule has 88 valence electrons. The lowest BCUT2D eigenvalue weighted by molar-refractivity contribution is 0.200. The zero-order chi connectivity index (χ0) is 11.8. The molecule has 0 amide bonds. The average molecular weight is 240 g/mol. The summed E-state index contributed by atoms with van der Waals surface area (Å²) in [5, 5.41) is 18.0. The van der Waals surface area contributed by atoms with E-state index in [4.69, 9.17) is 14.8 Å². The van der Waals surface area contributed by atoms with Crippen LogP contribution in [0.2, 0.25) is 0 Å². The lowest BCUT2D eigenvalue weighted by Crippen LogP contribution is -2.29. The summed E-state index contributed by atoms with van der Waals surface area (Å²) in [5.41, 5.74) is 1.67. The van der Waals surface area contributed by atoms with Gasteiger partial charge in [0.1, 0.15) is 0 Å². The van der Waals surface area contributed by atoms with Crippen molar-refractivity contribution in [3.8, 4) is 0 Å². The van der Waals surface area contributed by atoms with Gasteiger partial charge < -0.3 is 14.8 Å². The minimum absolute atomic E-state index is 0.551. The first-order valence-corrected chi connectivity index (χ1v) is 6.41. The van der Waals surface area contributed by atoms with Gasteiger partial charge in [-0.25, -0.2) is 0 Å². The maximum atomic E-state index is 9.02. The molecule has 0 saturated heterocycles.